The van der Waals surface area contributed by atoms with Gasteiger partial charge in [-0.25, -0.2) is 4.79 Å². The first kappa shape index (κ1) is 20.8. The summed E-state index contributed by atoms with van der Waals surface area (Å²) in [5.74, 6) is -0.674. The third-order valence-electron chi connectivity index (χ3n) is 4.98. The standard InChI is InChI=1S/C20H32N2O4/c1-5-7-13-17-14(10-20(3,4)11-16(17)23)22-15(12-25-9-8-21)18(13)19(24)26-6-2/h13,17H,5-12,21H2,1-4H3. The first-order valence-corrected chi connectivity index (χ1v) is 9.62. The number of hydrogen-bond donors (Lipinski definition) is 1. The van der Waals surface area contributed by atoms with Gasteiger partial charge in [0.15, 0.2) is 0 Å². The molecule has 1 fully saturated rings. The number of nitrogens with two attached hydrogens (primary N) is 1. The van der Waals surface area contributed by atoms with Gasteiger partial charge in [0.25, 0.3) is 0 Å². The van der Waals surface area contributed by atoms with Crippen LogP contribution in [0.4, 0.5) is 0 Å². The summed E-state index contributed by atoms with van der Waals surface area (Å²) in [6.07, 6.45) is 2.92. The molecule has 146 valence electrons. The molecule has 0 spiro atoms. The average molecular weight is 364 g/mol. The lowest BCUT2D eigenvalue weighted by molar-refractivity contribution is -0.139. The highest BCUT2D eigenvalue weighted by atomic mass is 16.5. The van der Waals surface area contributed by atoms with Crippen molar-refractivity contribution in [2.45, 2.75) is 53.4 Å². The van der Waals surface area contributed by atoms with E-state index in [9.17, 15) is 9.59 Å². The number of rotatable bonds is 8. The summed E-state index contributed by atoms with van der Waals surface area (Å²) in [5, 5.41) is 0. The monoisotopic (exact) mass is 364 g/mol. The van der Waals surface area contributed by atoms with Crippen LogP contribution < -0.4 is 5.73 Å². The van der Waals surface area contributed by atoms with Crippen molar-refractivity contribution in [3.8, 4) is 0 Å². The smallest absolute Gasteiger partial charge is 0.336 e. The molecule has 0 aromatic heterocycles. The Bertz CT molecular complexity index is 607. The number of Topliss-reactive ketones (excluding diaryl/α,β-unsaturated/α-hetero) is 1. The van der Waals surface area contributed by atoms with Crippen molar-refractivity contribution in [3.63, 3.8) is 0 Å². The van der Waals surface area contributed by atoms with Crippen LogP contribution in [-0.4, -0.2) is 43.8 Å². The summed E-state index contributed by atoms with van der Waals surface area (Å²) in [6.45, 7) is 9.35. The number of ketones is 1. The first-order valence-electron chi connectivity index (χ1n) is 9.62. The molecule has 2 atom stereocenters. The molecule has 6 heteroatoms. The highest BCUT2D eigenvalue weighted by Gasteiger charge is 2.47. The molecule has 6 nitrogen and oxygen atoms in total. The topological polar surface area (TPSA) is 91.0 Å². The van der Waals surface area contributed by atoms with Gasteiger partial charge in [0.05, 0.1) is 37.0 Å². The van der Waals surface area contributed by atoms with E-state index in [2.05, 4.69) is 20.8 Å². The minimum atomic E-state index is -0.377. The lowest BCUT2D eigenvalue weighted by Crippen LogP contribution is -2.45. The molecule has 0 bridgehead atoms. The van der Waals surface area contributed by atoms with Crippen molar-refractivity contribution in [1.82, 2.24) is 0 Å². The van der Waals surface area contributed by atoms with Gasteiger partial charge in [0, 0.05) is 24.6 Å². The molecular weight excluding hydrogens is 332 g/mol. The number of carbonyl (C=O) groups excluding carboxylic acids is 2. The van der Waals surface area contributed by atoms with Gasteiger partial charge in [0.2, 0.25) is 0 Å². The van der Waals surface area contributed by atoms with Crippen molar-refractivity contribution in [2.75, 3.05) is 26.4 Å². The zero-order chi connectivity index (χ0) is 19.3. The summed E-state index contributed by atoms with van der Waals surface area (Å²) in [6, 6.07) is 0. The van der Waals surface area contributed by atoms with Gasteiger partial charge in [-0.1, -0.05) is 27.2 Å². The van der Waals surface area contributed by atoms with Crippen molar-refractivity contribution < 1.29 is 19.1 Å². The number of esters is 1. The maximum absolute atomic E-state index is 12.9. The molecule has 2 unspecified atom stereocenters. The third-order valence-corrected chi connectivity index (χ3v) is 4.98. The molecule has 2 aliphatic rings. The Morgan fingerprint density at radius 1 is 1.31 bits per heavy atom. The second-order valence-electron chi connectivity index (χ2n) is 7.88. The Balaban J connectivity index is 2.48. The number of aliphatic imine (C=N–C) groups is 1. The Kier molecular flexibility index (Phi) is 7.12. The van der Waals surface area contributed by atoms with Crippen LogP contribution in [0.1, 0.15) is 53.4 Å². The summed E-state index contributed by atoms with van der Waals surface area (Å²) in [4.78, 5) is 30.4. The Labute approximate surface area is 156 Å². The van der Waals surface area contributed by atoms with E-state index in [-0.39, 0.29) is 35.6 Å². The van der Waals surface area contributed by atoms with Gasteiger partial charge in [-0.2, -0.15) is 0 Å². The van der Waals surface area contributed by atoms with Gasteiger partial charge in [0.1, 0.15) is 5.78 Å². The van der Waals surface area contributed by atoms with E-state index in [4.69, 9.17) is 20.2 Å². The van der Waals surface area contributed by atoms with Crippen LogP contribution in [0.3, 0.4) is 0 Å². The number of ether oxygens (including phenoxy) is 2. The predicted octanol–water partition coefficient (Wildman–Crippen LogP) is 2.66. The molecule has 0 saturated heterocycles. The van der Waals surface area contributed by atoms with Gasteiger partial charge in [-0.3, -0.25) is 9.79 Å². The van der Waals surface area contributed by atoms with E-state index >= 15 is 0 Å². The van der Waals surface area contributed by atoms with Crippen LogP contribution in [0, 0.1) is 17.3 Å². The second-order valence-corrected chi connectivity index (χ2v) is 7.88. The molecule has 26 heavy (non-hydrogen) atoms. The molecule has 1 aliphatic heterocycles. The van der Waals surface area contributed by atoms with E-state index in [1.165, 1.54) is 0 Å². The molecule has 0 amide bonds. The normalized spacial score (nSPS) is 25.0. The lowest BCUT2D eigenvalue weighted by Gasteiger charge is -2.41. The van der Waals surface area contributed by atoms with Crippen LogP contribution in [0.5, 0.6) is 0 Å². The first-order chi connectivity index (χ1) is 12.3. The molecular formula is C20H32N2O4. The summed E-state index contributed by atoms with van der Waals surface area (Å²) in [7, 11) is 0. The minimum Gasteiger partial charge on any atom is -0.463 e. The fraction of sp³-hybridized carbons (Fsp3) is 0.750. The average Bonchev–Trinajstić information content (AvgIpc) is 2.53. The second kappa shape index (κ2) is 8.91. The number of hydrogen-bond acceptors (Lipinski definition) is 6. The number of carbonyl (C=O) groups is 2. The van der Waals surface area contributed by atoms with Crippen molar-refractivity contribution >= 4 is 17.5 Å². The molecule has 0 aromatic rings. The zero-order valence-corrected chi connectivity index (χ0v) is 16.5. The lowest BCUT2D eigenvalue weighted by atomic mass is 9.64. The van der Waals surface area contributed by atoms with Gasteiger partial charge in [-0.05, 0) is 25.2 Å². The third kappa shape index (κ3) is 4.60. The largest absolute Gasteiger partial charge is 0.463 e. The summed E-state index contributed by atoms with van der Waals surface area (Å²) >= 11 is 0. The highest BCUT2D eigenvalue weighted by molar-refractivity contribution is 6.11. The van der Waals surface area contributed by atoms with E-state index < -0.39 is 0 Å². The summed E-state index contributed by atoms with van der Waals surface area (Å²) in [5.41, 5.74) is 7.42. The molecule has 0 aromatic carbocycles. The van der Waals surface area contributed by atoms with E-state index in [0.717, 1.165) is 25.0 Å². The maximum Gasteiger partial charge on any atom is 0.336 e. The van der Waals surface area contributed by atoms with Crippen LogP contribution in [-0.2, 0) is 19.1 Å². The Hall–Kier alpha value is -1.53. The van der Waals surface area contributed by atoms with E-state index in [0.29, 0.717) is 37.4 Å². The molecule has 2 rings (SSSR count). The number of nitrogens with zero attached hydrogens (tertiary/aromatic N) is 1. The van der Waals surface area contributed by atoms with Crippen molar-refractivity contribution in [3.05, 3.63) is 11.3 Å². The molecule has 0 radical (unpaired) electrons. The fourth-order valence-corrected chi connectivity index (χ4v) is 4.07. The van der Waals surface area contributed by atoms with Crippen LogP contribution in [0.25, 0.3) is 0 Å². The highest BCUT2D eigenvalue weighted by Crippen LogP contribution is 2.44. The van der Waals surface area contributed by atoms with Gasteiger partial charge < -0.3 is 15.2 Å². The molecule has 1 aliphatic carbocycles. The van der Waals surface area contributed by atoms with Crippen LogP contribution >= 0.6 is 0 Å². The van der Waals surface area contributed by atoms with Gasteiger partial charge >= 0.3 is 5.97 Å². The predicted molar refractivity (Wildman–Crippen MR) is 101 cm³/mol. The molecule has 1 saturated carbocycles. The molecule has 1 heterocycles. The minimum absolute atomic E-state index is 0.103. The van der Waals surface area contributed by atoms with E-state index in [1.54, 1.807) is 6.92 Å². The van der Waals surface area contributed by atoms with E-state index in [1.807, 2.05) is 0 Å². The quantitative estimate of drug-likeness (QED) is 0.528. The van der Waals surface area contributed by atoms with Crippen LogP contribution in [0.15, 0.2) is 16.3 Å². The maximum atomic E-state index is 12.9. The molecule has 2 N–H and O–H groups in total. The number of fused-ring (bicyclic) bond motifs is 1. The fourth-order valence-electron chi connectivity index (χ4n) is 4.07. The van der Waals surface area contributed by atoms with Crippen molar-refractivity contribution in [1.29, 1.82) is 0 Å². The van der Waals surface area contributed by atoms with Crippen molar-refractivity contribution in [2.24, 2.45) is 28.0 Å². The SMILES string of the molecule is CCCC1C(C(=O)OCC)=C(COCCN)N=C2CC(C)(C)CC(=O)C21. The van der Waals surface area contributed by atoms with Crippen LogP contribution in [0.2, 0.25) is 0 Å². The summed E-state index contributed by atoms with van der Waals surface area (Å²) < 4.78 is 10.9. The zero-order valence-electron chi connectivity index (χ0n) is 16.5. The Morgan fingerprint density at radius 2 is 2.04 bits per heavy atom. The Morgan fingerprint density at radius 3 is 2.65 bits per heavy atom. The van der Waals surface area contributed by atoms with Gasteiger partial charge in [-0.15, -0.1) is 0 Å².